The van der Waals surface area contributed by atoms with E-state index in [1.807, 2.05) is 18.2 Å². The number of carbonyl (C=O) groups is 1. The number of rotatable bonds is 3. The number of ether oxygens (including phenoxy) is 1. The number of piperidine rings is 1. The van der Waals surface area contributed by atoms with Gasteiger partial charge in [-0.2, -0.15) is 0 Å². The predicted molar refractivity (Wildman–Crippen MR) is 115 cm³/mol. The van der Waals surface area contributed by atoms with Crippen molar-refractivity contribution in [1.29, 1.82) is 0 Å². The molecule has 1 N–H and O–H groups in total. The third kappa shape index (κ3) is 4.30. The van der Waals surface area contributed by atoms with Crippen LogP contribution in [0.5, 0.6) is 5.19 Å². The van der Waals surface area contributed by atoms with Crippen LogP contribution in [0.25, 0.3) is 10.2 Å². The van der Waals surface area contributed by atoms with Crippen molar-refractivity contribution >= 4 is 68.1 Å². The Balaban J connectivity index is 1.32. The van der Waals surface area contributed by atoms with Crippen molar-refractivity contribution in [3.8, 4) is 5.19 Å². The lowest BCUT2D eigenvalue weighted by Crippen LogP contribution is -2.43. The van der Waals surface area contributed by atoms with Crippen LogP contribution < -0.4 is 10.1 Å². The van der Waals surface area contributed by atoms with E-state index in [0.717, 1.165) is 23.1 Å². The number of anilines is 1. The van der Waals surface area contributed by atoms with Crippen molar-refractivity contribution in [3.63, 3.8) is 0 Å². The second kappa shape index (κ2) is 8.33. The molecule has 1 aromatic heterocycles. The van der Waals surface area contributed by atoms with Crippen molar-refractivity contribution in [3.05, 3.63) is 51.5 Å². The van der Waals surface area contributed by atoms with Crippen molar-refractivity contribution < 1.29 is 9.53 Å². The first kappa shape index (κ1) is 19.6. The molecule has 1 fully saturated rings. The Labute approximate surface area is 181 Å². The number of hydrogen-bond donors (Lipinski definition) is 1. The minimum atomic E-state index is -0.163. The molecule has 5 nitrogen and oxygen atoms in total. The normalized spacial score (nSPS) is 15.0. The van der Waals surface area contributed by atoms with E-state index in [9.17, 15) is 4.79 Å². The third-order valence-corrected chi connectivity index (χ3v) is 6.47. The van der Waals surface area contributed by atoms with Gasteiger partial charge < -0.3 is 15.0 Å². The number of fused-ring (bicyclic) bond motifs is 1. The Bertz CT molecular complexity index is 1020. The maximum atomic E-state index is 12.5. The minimum absolute atomic E-state index is 0.0216. The van der Waals surface area contributed by atoms with Gasteiger partial charge in [-0.25, -0.2) is 9.78 Å². The number of amides is 2. The zero-order valence-corrected chi connectivity index (χ0v) is 17.7. The number of carbonyl (C=O) groups excluding carboxylic acids is 1. The fourth-order valence-electron chi connectivity index (χ4n) is 3.04. The van der Waals surface area contributed by atoms with Crippen LogP contribution in [-0.4, -0.2) is 35.1 Å². The number of aromatic nitrogens is 1. The van der Waals surface area contributed by atoms with Gasteiger partial charge in [-0.1, -0.05) is 52.2 Å². The van der Waals surface area contributed by atoms with Gasteiger partial charge in [-0.15, -0.1) is 0 Å². The number of nitrogens with one attached hydrogen (secondary N) is 1. The molecule has 0 saturated carbocycles. The van der Waals surface area contributed by atoms with Crippen molar-refractivity contribution in [2.24, 2.45) is 0 Å². The molecule has 0 spiro atoms. The highest BCUT2D eigenvalue weighted by Crippen LogP contribution is 2.33. The molecule has 0 atom stereocenters. The van der Waals surface area contributed by atoms with Crippen molar-refractivity contribution in [1.82, 2.24) is 9.88 Å². The molecule has 2 heterocycles. The van der Waals surface area contributed by atoms with E-state index < -0.39 is 0 Å². The van der Waals surface area contributed by atoms with E-state index in [2.05, 4.69) is 10.3 Å². The topological polar surface area (TPSA) is 54.5 Å². The number of benzene rings is 2. The monoisotopic (exact) mass is 455 g/mol. The van der Waals surface area contributed by atoms with E-state index >= 15 is 0 Å². The summed E-state index contributed by atoms with van der Waals surface area (Å²) < 4.78 is 7.03. The van der Waals surface area contributed by atoms with Gasteiger partial charge in [-0.05, 0) is 30.3 Å². The first-order chi connectivity index (χ1) is 13.5. The number of urea groups is 1. The van der Waals surface area contributed by atoms with E-state index in [1.165, 1.54) is 11.3 Å². The van der Waals surface area contributed by atoms with Crippen LogP contribution >= 0.6 is 46.1 Å². The fourth-order valence-corrected chi connectivity index (χ4v) is 4.52. The highest BCUT2D eigenvalue weighted by molar-refractivity contribution is 7.20. The second-order valence-electron chi connectivity index (χ2n) is 6.43. The van der Waals surface area contributed by atoms with Crippen LogP contribution in [0.15, 0.2) is 36.4 Å². The molecule has 1 aliphatic heterocycles. The Kier molecular flexibility index (Phi) is 5.83. The average Bonchev–Trinajstić information content (AvgIpc) is 3.09. The number of likely N-dealkylation sites (tertiary alicyclic amines) is 1. The minimum Gasteiger partial charge on any atom is -0.467 e. The summed E-state index contributed by atoms with van der Waals surface area (Å²) in [5, 5.41) is 4.94. The molecule has 28 heavy (non-hydrogen) atoms. The number of para-hydroxylation sites is 1. The van der Waals surface area contributed by atoms with E-state index in [-0.39, 0.29) is 12.1 Å². The first-order valence-corrected chi connectivity index (χ1v) is 10.7. The summed E-state index contributed by atoms with van der Waals surface area (Å²) in [7, 11) is 0. The molecule has 0 bridgehead atoms. The number of nitrogens with zero attached hydrogens (tertiary/aromatic N) is 2. The Hall–Kier alpha value is -1.73. The quantitative estimate of drug-likeness (QED) is 0.501. The third-order valence-electron chi connectivity index (χ3n) is 4.52. The van der Waals surface area contributed by atoms with Crippen LogP contribution in [0.4, 0.5) is 10.5 Å². The van der Waals surface area contributed by atoms with Crippen LogP contribution in [-0.2, 0) is 0 Å². The summed E-state index contributed by atoms with van der Waals surface area (Å²) >= 11 is 19.6. The lowest BCUT2D eigenvalue weighted by atomic mass is 10.1. The zero-order valence-electron chi connectivity index (χ0n) is 14.6. The fraction of sp³-hybridized carbons (Fsp3) is 0.263. The maximum absolute atomic E-state index is 12.5. The zero-order chi connectivity index (χ0) is 19.7. The molecule has 2 aromatic carbocycles. The second-order valence-corrected chi connectivity index (χ2v) is 8.64. The smallest absolute Gasteiger partial charge is 0.321 e. The highest BCUT2D eigenvalue weighted by Gasteiger charge is 2.25. The number of thiazole rings is 1. The molecule has 0 aliphatic carbocycles. The Morgan fingerprint density at radius 2 is 1.89 bits per heavy atom. The van der Waals surface area contributed by atoms with Gasteiger partial charge in [0.2, 0.25) is 0 Å². The van der Waals surface area contributed by atoms with Gasteiger partial charge in [-0.3, -0.25) is 0 Å². The number of hydrogen-bond acceptors (Lipinski definition) is 4. The molecule has 4 rings (SSSR count). The van der Waals surface area contributed by atoms with Crippen LogP contribution in [0.2, 0.25) is 15.1 Å². The summed E-state index contributed by atoms with van der Waals surface area (Å²) in [6.07, 6.45) is 1.49. The molecule has 2 amide bonds. The van der Waals surface area contributed by atoms with Crippen LogP contribution in [0.3, 0.4) is 0 Å². The molecule has 0 radical (unpaired) electrons. The molecule has 0 unspecified atom stereocenters. The molecule has 1 saturated heterocycles. The maximum Gasteiger partial charge on any atom is 0.321 e. The molecular weight excluding hydrogens is 441 g/mol. The van der Waals surface area contributed by atoms with E-state index in [4.69, 9.17) is 39.5 Å². The lowest BCUT2D eigenvalue weighted by molar-refractivity contribution is 0.115. The van der Waals surface area contributed by atoms with Gasteiger partial charge in [0.25, 0.3) is 5.19 Å². The largest absolute Gasteiger partial charge is 0.467 e. The standard InChI is InChI=1S/C19H16Cl3N3O2S/c20-13-5-4-11(10-15(13)22)23-18(26)25-8-6-12(7-9-25)27-19-24-17-14(21)2-1-3-16(17)28-19/h1-5,10,12H,6-9H2,(H,23,26). The summed E-state index contributed by atoms with van der Waals surface area (Å²) in [5.74, 6) is 0. The highest BCUT2D eigenvalue weighted by atomic mass is 35.5. The van der Waals surface area contributed by atoms with Crippen molar-refractivity contribution in [2.75, 3.05) is 18.4 Å². The number of halogens is 3. The average molecular weight is 457 g/mol. The summed E-state index contributed by atoms with van der Waals surface area (Å²) in [4.78, 5) is 18.7. The molecule has 146 valence electrons. The van der Waals surface area contributed by atoms with Gasteiger partial charge in [0.15, 0.2) is 0 Å². The van der Waals surface area contributed by atoms with Gasteiger partial charge >= 0.3 is 6.03 Å². The van der Waals surface area contributed by atoms with Gasteiger partial charge in [0.05, 0.1) is 19.8 Å². The molecular formula is C19H16Cl3N3O2S. The summed E-state index contributed by atoms with van der Waals surface area (Å²) in [5.41, 5.74) is 1.38. The lowest BCUT2D eigenvalue weighted by Gasteiger charge is -2.31. The Morgan fingerprint density at radius 3 is 2.61 bits per heavy atom. The molecule has 9 heteroatoms. The van der Waals surface area contributed by atoms with Crippen LogP contribution in [0, 0.1) is 0 Å². The predicted octanol–water partition coefficient (Wildman–Crippen LogP) is 6.33. The van der Waals surface area contributed by atoms with E-state index in [1.54, 1.807) is 23.1 Å². The summed E-state index contributed by atoms with van der Waals surface area (Å²) in [6, 6.07) is 10.5. The van der Waals surface area contributed by atoms with Gasteiger partial charge in [0, 0.05) is 31.6 Å². The van der Waals surface area contributed by atoms with Crippen molar-refractivity contribution in [2.45, 2.75) is 18.9 Å². The Morgan fingerprint density at radius 1 is 1.11 bits per heavy atom. The van der Waals surface area contributed by atoms with Crippen LogP contribution in [0.1, 0.15) is 12.8 Å². The SMILES string of the molecule is O=C(Nc1ccc(Cl)c(Cl)c1)N1CCC(Oc2nc3c(Cl)cccc3s2)CC1. The summed E-state index contributed by atoms with van der Waals surface area (Å²) in [6.45, 7) is 1.20. The van der Waals surface area contributed by atoms with Gasteiger partial charge in [0.1, 0.15) is 11.6 Å². The van der Waals surface area contributed by atoms with E-state index in [0.29, 0.717) is 39.0 Å². The first-order valence-electron chi connectivity index (χ1n) is 8.72. The molecule has 3 aromatic rings. The molecule has 1 aliphatic rings.